The van der Waals surface area contributed by atoms with Crippen LogP contribution in [0.2, 0.25) is 0 Å². The Bertz CT molecular complexity index is 434. The van der Waals surface area contributed by atoms with E-state index in [4.69, 9.17) is 0 Å². The van der Waals surface area contributed by atoms with Gasteiger partial charge in [0.25, 0.3) is 0 Å². The van der Waals surface area contributed by atoms with Crippen LogP contribution in [0.4, 0.5) is 27.8 Å². The second-order valence-corrected chi connectivity index (χ2v) is 3.71. The molecule has 1 aromatic heterocycles. The van der Waals surface area contributed by atoms with E-state index in [2.05, 4.69) is 20.9 Å². The minimum atomic E-state index is -5.95. The van der Waals surface area contributed by atoms with Crippen LogP contribution in [0.1, 0.15) is 0 Å². The third-order valence-corrected chi connectivity index (χ3v) is 2.27. The molecule has 0 bridgehead atoms. The number of hydrogen-bond donors (Lipinski definition) is 1. The number of alkyl halides is 5. The van der Waals surface area contributed by atoms with Gasteiger partial charge in [0.15, 0.2) is 0 Å². The number of hydrogen-bond acceptors (Lipinski definition) is 2. The average Bonchev–Trinajstić information content (AvgIpc) is 2.19. The zero-order chi connectivity index (χ0) is 13.3. The van der Waals surface area contributed by atoms with Crippen LogP contribution in [-0.2, 0) is 4.79 Å². The lowest BCUT2D eigenvalue weighted by Crippen LogP contribution is -2.47. The van der Waals surface area contributed by atoms with Crippen molar-refractivity contribution in [1.29, 1.82) is 0 Å². The van der Waals surface area contributed by atoms with E-state index in [9.17, 15) is 26.7 Å². The molecule has 9 heteroatoms. The maximum Gasteiger partial charge on any atom is 0.463 e. The van der Waals surface area contributed by atoms with Crippen molar-refractivity contribution in [3.63, 3.8) is 0 Å². The van der Waals surface area contributed by atoms with Crippen LogP contribution in [0.15, 0.2) is 22.8 Å². The van der Waals surface area contributed by atoms with Crippen LogP contribution in [0.5, 0.6) is 0 Å². The van der Waals surface area contributed by atoms with E-state index in [0.29, 0.717) is 0 Å². The molecule has 0 aromatic carbocycles. The van der Waals surface area contributed by atoms with Crippen molar-refractivity contribution < 1.29 is 26.7 Å². The van der Waals surface area contributed by atoms with Crippen LogP contribution >= 0.6 is 15.9 Å². The Hall–Kier alpha value is -1.25. The molecule has 1 heterocycles. The molecule has 0 aliphatic heterocycles. The van der Waals surface area contributed by atoms with Gasteiger partial charge in [0.05, 0.1) is 4.47 Å². The fourth-order valence-electron chi connectivity index (χ4n) is 0.792. The first-order chi connectivity index (χ1) is 7.66. The van der Waals surface area contributed by atoms with Crippen molar-refractivity contribution in [2.75, 3.05) is 5.32 Å². The quantitative estimate of drug-likeness (QED) is 0.852. The number of aromatic nitrogens is 1. The van der Waals surface area contributed by atoms with E-state index in [1.54, 1.807) is 0 Å². The molecule has 0 unspecified atom stereocenters. The SMILES string of the molecule is O=C(Nc1ncccc1Br)C(F)(F)C(F)(F)F. The Labute approximate surface area is 100 Å². The number of rotatable bonds is 2. The van der Waals surface area contributed by atoms with E-state index in [-0.39, 0.29) is 4.47 Å². The van der Waals surface area contributed by atoms with E-state index >= 15 is 0 Å². The fourth-order valence-corrected chi connectivity index (χ4v) is 1.15. The Kier molecular flexibility index (Phi) is 3.70. The van der Waals surface area contributed by atoms with Gasteiger partial charge in [-0.05, 0) is 28.1 Å². The number of anilines is 1. The van der Waals surface area contributed by atoms with Crippen LogP contribution in [0.3, 0.4) is 0 Å². The van der Waals surface area contributed by atoms with Gasteiger partial charge in [0.2, 0.25) is 0 Å². The average molecular weight is 319 g/mol. The maximum absolute atomic E-state index is 12.6. The maximum atomic E-state index is 12.6. The van der Waals surface area contributed by atoms with Gasteiger partial charge in [0, 0.05) is 6.20 Å². The molecule has 94 valence electrons. The third kappa shape index (κ3) is 2.90. The number of halogens is 6. The molecule has 0 fully saturated rings. The van der Waals surface area contributed by atoms with Gasteiger partial charge in [-0.1, -0.05) is 0 Å². The van der Waals surface area contributed by atoms with Gasteiger partial charge in [-0.2, -0.15) is 22.0 Å². The van der Waals surface area contributed by atoms with Gasteiger partial charge < -0.3 is 5.32 Å². The van der Waals surface area contributed by atoms with Crippen molar-refractivity contribution in [2.24, 2.45) is 0 Å². The summed E-state index contributed by atoms with van der Waals surface area (Å²) in [5, 5.41) is 1.39. The third-order valence-electron chi connectivity index (χ3n) is 1.63. The molecule has 1 aromatic rings. The Morgan fingerprint density at radius 2 is 1.88 bits per heavy atom. The predicted octanol–water partition coefficient (Wildman–Crippen LogP) is 2.98. The number of pyridine rings is 1. The minimum absolute atomic E-state index is 0.0892. The van der Waals surface area contributed by atoms with Crippen molar-refractivity contribution >= 4 is 27.7 Å². The first-order valence-electron chi connectivity index (χ1n) is 4.03. The van der Waals surface area contributed by atoms with E-state index in [1.165, 1.54) is 17.4 Å². The van der Waals surface area contributed by atoms with Gasteiger partial charge in [0.1, 0.15) is 5.82 Å². The molecule has 0 atom stereocenters. The van der Waals surface area contributed by atoms with Crippen molar-refractivity contribution in [3.05, 3.63) is 22.8 Å². The Morgan fingerprint density at radius 3 is 2.35 bits per heavy atom. The molecule has 0 saturated heterocycles. The second kappa shape index (κ2) is 4.55. The summed E-state index contributed by atoms with van der Waals surface area (Å²) in [7, 11) is 0. The van der Waals surface area contributed by atoms with Crippen molar-refractivity contribution in [1.82, 2.24) is 4.98 Å². The number of amides is 1. The summed E-state index contributed by atoms with van der Waals surface area (Å²) in [4.78, 5) is 14.2. The van der Waals surface area contributed by atoms with Crippen LogP contribution in [-0.4, -0.2) is 23.0 Å². The highest BCUT2D eigenvalue weighted by molar-refractivity contribution is 9.10. The van der Waals surface area contributed by atoms with Gasteiger partial charge in [-0.15, -0.1) is 0 Å². The van der Waals surface area contributed by atoms with Crippen LogP contribution in [0.25, 0.3) is 0 Å². The number of nitrogens with zero attached hydrogens (tertiary/aromatic N) is 1. The summed E-state index contributed by atoms with van der Waals surface area (Å²) in [5.41, 5.74) is 0. The zero-order valence-corrected chi connectivity index (χ0v) is 9.44. The summed E-state index contributed by atoms with van der Waals surface area (Å²) in [6.07, 6.45) is -4.82. The van der Waals surface area contributed by atoms with Crippen LogP contribution in [0, 0.1) is 0 Å². The molecule has 3 nitrogen and oxygen atoms in total. The van der Waals surface area contributed by atoms with E-state index in [1.807, 2.05) is 0 Å². The van der Waals surface area contributed by atoms with Gasteiger partial charge in [-0.25, -0.2) is 4.98 Å². The first kappa shape index (κ1) is 13.8. The topological polar surface area (TPSA) is 42.0 Å². The molecule has 0 radical (unpaired) electrons. The molecule has 1 amide bonds. The lowest BCUT2D eigenvalue weighted by Gasteiger charge is -2.18. The highest BCUT2D eigenvalue weighted by atomic mass is 79.9. The van der Waals surface area contributed by atoms with Crippen molar-refractivity contribution in [3.8, 4) is 0 Å². The highest BCUT2D eigenvalue weighted by Crippen LogP contribution is 2.36. The number of carbonyl (C=O) groups excluding carboxylic acids is 1. The van der Waals surface area contributed by atoms with Crippen molar-refractivity contribution in [2.45, 2.75) is 12.1 Å². The summed E-state index contributed by atoms with van der Waals surface area (Å²) in [6, 6.07) is 2.73. The normalized spacial score (nSPS) is 12.4. The number of nitrogens with one attached hydrogen (secondary N) is 1. The smallest absolute Gasteiger partial charge is 0.304 e. The van der Waals surface area contributed by atoms with E-state index < -0.39 is 23.8 Å². The van der Waals surface area contributed by atoms with Crippen LogP contribution < -0.4 is 5.32 Å². The lowest BCUT2D eigenvalue weighted by molar-refractivity contribution is -0.267. The molecule has 1 rings (SSSR count). The summed E-state index contributed by atoms with van der Waals surface area (Å²) < 4.78 is 60.7. The molecular formula is C8H4BrF5N2O. The molecule has 17 heavy (non-hydrogen) atoms. The highest BCUT2D eigenvalue weighted by Gasteiger charge is 2.63. The van der Waals surface area contributed by atoms with E-state index in [0.717, 1.165) is 6.20 Å². The minimum Gasteiger partial charge on any atom is -0.304 e. The Morgan fingerprint density at radius 1 is 1.29 bits per heavy atom. The van der Waals surface area contributed by atoms with Gasteiger partial charge in [-0.3, -0.25) is 4.79 Å². The second-order valence-electron chi connectivity index (χ2n) is 2.86. The summed E-state index contributed by atoms with van der Waals surface area (Å²) in [6.45, 7) is 0. The molecule has 0 aliphatic carbocycles. The van der Waals surface area contributed by atoms with Gasteiger partial charge >= 0.3 is 18.0 Å². The standard InChI is InChI=1S/C8H4BrF5N2O/c9-4-2-1-3-15-5(4)16-6(17)7(10,11)8(12,13)14/h1-3H,(H,15,16,17). The predicted molar refractivity (Wildman–Crippen MR) is 51.6 cm³/mol. The largest absolute Gasteiger partial charge is 0.463 e. The summed E-state index contributed by atoms with van der Waals surface area (Å²) >= 11 is 2.84. The first-order valence-corrected chi connectivity index (χ1v) is 4.82. The summed E-state index contributed by atoms with van der Waals surface area (Å²) in [5.74, 6) is -8.37. The molecule has 0 spiro atoms. The zero-order valence-electron chi connectivity index (χ0n) is 7.86. The lowest BCUT2D eigenvalue weighted by atomic mass is 10.3. The molecule has 0 saturated carbocycles. The number of carbonyl (C=O) groups is 1. The molecule has 1 N–H and O–H groups in total. The monoisotopic (exact) mass is 318 g/mol. The molecule has 0 aliphatic rings. The molecular weight excluding hydrogens is 315 g/mol. The Balaban J connectivity index is 2.91. The fraction of sp³-hybridized carbons (Fsp3) is 0.250.